The van der Waals surface area contributed by atoms with Crippen molar-refractivity contribution in [1.29, 1.82) is 0 Å². The van der Waals surface area contributed by atoms with Gasteiger partial charge in [0.2, 0.25) is 6.79 Å². The number of nitrogens with one attached hydrogen (secondary N) is 1. The number of aromatic nitrogens is 1. The van der Waals surface area contributed by atoms with Crippen LogP contribution in [-0.4, -0.2) is 35.8 Å². The number of benzene rings is 2. The van der Waals surface area contributed by atoms with Gasteiger partial charge in [-0.1, -0.05) is 17.7 Å². The van der Waals surface area contributed by atoms with Crippen LogP contribution < -0.4 is 20.5 Å². The minimum atomic E-state index is 0.315. The van der Waals surface area contributed by atoms with Crippen LogP contribution in [0.25, 0.3) is 10.9 Å². The highest BCUT2D eigenvalue weighted by Crippen LogP contribution is 2.33. The molecule has 3 aromatic rings. The lowest BCUT2D eigenvalue weighted by molar-refractivity contribution is 0.173. The van der Waals surface area contributed by atoms with Crippen LogP contribution >= 0.6 is 11.6 Å². The molecule has 0 atom stereocenters. The third kappa shape index (κ3) is 3.91. The van der Waals surface area contributed by atoms with E-state index < -0.39 is 0 Å². The average Bonchev–Trinajstić information content (AvgIpc) is 3.18. The van der Waals surface area contributed by atoms with E-state index in [1.165, 1.54) is 5.56 Å². The van der Waals surface area contributed by atoms with Crippen LogP contribution in [0.15, 0.2) is 42.5 Å². The molecular weight excluding hydrogens is 388 g/mol. The van der Waals surface area contributed by atoms with Gasteiger partial charge in [-0.25, -0.2) is 4.98 Å². The number of nitrogen functional groups attached to an aromatic ring is 1. The van der Waals surface area contributed by atoms with Gasteiger partial charge in [0, 0.05) is 47.8 Å². The maximum atomic E-state index is 6.19. The number of rotatable bonds is 4. The number of fused-ring (bicyclic) bond motifs is 2. The van der Waals surface area contributed by atoms with Crippen molar-refractivity contribution in [1.82, 2.24) is 9.88 Å². The summed E-state index contributed by atoms with van der Waals surface area (Å²) in [4.78, 5) is 6.88. The first-order valence-electron chi connectivity index (χ1n) is 9.87. The number of nitrogens with two attached hydrogens (primary N) is 1. The Kier molecular flexibility index (Phi) is 4.81. The van der Waals surface area contributed by atoms with E-state index in [1.807, 2.05) is 30.3 Å². The molecule has 6 nitrogen and oxygen atoms in total. The van der Waals surface area contributed by atoms with Gasteiger partial charge in [0.1, 0.15) is 5.82 Å². The molecule has 3 heterocycles. The first-order chi connectivity index (χ1) is 14.1. The molecule has 29 heavy (non-hydrogen) atoms. The zero-order valence-corrected chi connectivity index (χ0v) is 16.8. The molecule has 1 saturated heterocycles. The van der Waals surface area contributed by atoms with Gasteiger partial charge in [0.15, 0.2) is 11.5 Å². The summed E-state index contributed by atoms with van der Waals surface area (Å²) >= 11 is 6.19. The van der Waals surface area contributed by atoms with Crippen LogP contribution in [0.3, 0.4) is 0 Å². The number of piperidine rings is 1. The summed E-state index contributed by atoms with van der Waals surface area (Å²) in [6.45, 7) is 3.30. The van der Waals surface area contributed by atoms with Crippen molar-refractivity contribution in [3.8, 4) is 11.5 Å². The molecule has 0 saturated carbocycles. The molecule has 0 bridgehead atoms. The van der Waals surface area contributed by atoms with Crippen molar-refractivity contribution < 1.29 is 9.47 Å². The maximum Gasteiger partial charge on any atom is 0.231 e. The summed E-state index contributed by atoms with van der Waals surface area (Å²) < 4.78 is 10.9. The van der Waals surface area contributed by atoms with Crippen molar-refractivity contribution in [3.63, 3.8) is 0 Å². The van der Waals surface area contributed by atoms with Gasteiger partial charge in [0.25, 0.3) is 0 Å². The molecule has 2 aromatic carbocycles. The Bertz CT molecular complexity index is 1050. The van der Waals surface area contributed by atoms with Crippen LogP contribution in [0.4, 0.5) is 11.5 Å². The van der Waals surface area contributed by atoms with E-state index >= 15 is 0 Å². The van der Waals surface area contributed by atoms with Crippen molar-refractivity contribution >= 4 is 34.0 Å². The van der Waals surface area contributed by atoms with E-state index in [4.69, 9.17) is 26.8 Å². The van der Waals surface area contributed by atoms with Gasteiger partial charge >= 0.3 is 0 Å². The van der Waals surface area contributed by atoms with E-state index in [1.54, 1.807) is 0 Å². The average molecular weight is 411 g/mol. The van der Waals surface area contributed by atoms with Crippen molar-refractivity contribution in [2.24, 2.45) is 0 Å². The highest BCUT2D eigenvalue weighted by Gasteiger charge is 2.21. The SMILES string of the molecule is Nc1cc(NC2CCN(Cc3ccc4c(c3)OCO4)CC2)c2cc(Cl)ccc2n1. The largest absolute Gasteiger partial charge is 0.454 e. The van der Waals surface area contributed by atoms with Gasteiger partial charge in [-0.3, -0.25) is 4.90 Å². The first-order valence-corrected chi connectivity index (χ1v) is 10.2. The summed E-state index contributed by atoms with van der Waals surface area (Å²) in [6.07, 6.45) is 2.13. The first kappa shape index (κ1) is 18.3. The molecule has 0 aliphatic carbocycles. The molecule has 0 amide bonds. The van der Waals surface area contributed by atoms with E-state index in [0.29, 0.717) is 23.7 Å². The smallest absolute Gasteiger partial charge is 0.231 e. The molecule has 1 fully saturated rings. The number of nitrogens with zero attached hydrogens (tertiary/aromatic N) is 2. The number of hydrogen-bond donors (Lipinski definition) is 2. The molecule has 7 heteroatoms. The summed E-state index contributed by atoms with van der Waals surface area (Å²) in [5.41, 5.74) is 9.12. The van der Waals surface area contributed by atoms with Crippen LogP contribution in [-0.2, 0) is 6.54 Å². The van der Waals surface area contributed by atoms with Gasteiger partial charge in [-0.15, -0.1) is 0 Å². The Labute approximate surface area is 174 Å². The van der Waals surface area contributed by atoms with Gasteiger partial charge in [0.05, 0.1) is 5.52 Å². The second-order valence-corrected chi connectivity index (χ2v) is 8.07. The van der Waals surface area contributed by atoms with Crippen LogP contribution in [0.5, 0.6) is 11.5 Å². The number of anilines is 2. The minimum Gasteiger partial charge on any atom is -0.454 e. The Morgan fingerprint density at radius 3 is 2.76 bits per heavy atom. The number of ether oxygens (including phenoxy) is 2. The van der Waals surface area contributed by atoms with Crippen LogP contribution in [0.1, 0.15) is 18.4 Å². The maximum absolute atomic E-state index is 6.19. The van der Waals surface area contributed by atoms with Crippen molar-refractivity contribution in [2.75, 3.05) is 30.9 Å². The van der Waals surface area contributed by atoms with Gasteiger partial charge in [-0.05, 0) is 48.7 Å². The van der Waals surface area contributed by atoms with Gasteiger partial charge in [-0.2, -0.15) is 0 Å². The highest BCUT2D eigenvalue weighted by atomic mass is 35.5. The predicted molar refractivity (Wildman–Crippen MR) is 116 cm³/mol. The Morgan fingerprint density at radius 2 is 1.90 bits per heavy atom. The molecule has 2 aliphatic heterocycles. The highest BCUT2D eigenvalue weighted by molar-refractivity contribution is 6.31. The number of halogens is 1. The van der Waals surface area contributed by atoms with Crippen molar-refractivity contribution in [3.05, 3.63) is 53.1 Å². The summed E-state index contributed by atoms with van der Waals surface area (Å²) in [6, 6.07) is 14.2. The quantitative estimate of drug-likeness (QED) is 0.669. The Hall–Kier alpha value is -2.70. The zero-order chi connectivity index (χ0) is 19.8. The Morgan fingerprint density at radius 1 is 1.07 bits per heavy atom. The number of likely N-dealkylation sites (tertiary alicyclic amines) is 1. The molecule has 5 rings (SSSR count). The lowest BCUT2D eigenvalue weighted by atomic mass is 10.0. The Balaban J connectivity index is 1.23. The molecule has 3 N–H and O–H groups in total. The monoisotopic (exact) mass is 410 g/mol. The molecule has 0 unspecified atom stereocenters. The molecule has 0 spiro atoms. The predicted octanol–water partition coefficient (Wildman–Crippen LogP) is 4.28. The molecule has 150 valence electrons. The summed E-state index contributed by atoms with van der Waals surface area (Å²) in [5, 5.41) is 5.38. The molecule has 1 aromatic heterocycles. The second-order valence-electron chi connectivity index (χ2n) is 7.64. The third-order valence-corrected chi connectivity index (χ3v) is 5.82. The second kappa shape index (κ2) is 7.61. The fraction of sp³-hybridized carbons (Fsp3) is 0.318. The molecular formula is C22H23ClN4O2. The van der Waals surface area contributed by atoms with E-state index in [2.05, 4.69) is 27.3 Å². The fourth-order valence-electron chi connectivity index (χ4n) is 4.09. The van der Waals surface area contributed by atoms with E-state index in [0.717, 1.165) is 60.6 Å². The standard InChI is InChI=1S/C22H23ClN4O2/c23-15-2-3-18-17(10-15)19(11-22(24)26-18)25-16-5-7-27(8-6-16)12-14-1-4-20-21(9-14)29-13-28-20/h1-4,9-11,16H,5-8,12-13H2,(H3,24,25,26). The van der Waals surface area contributed by atoms with E-state index in [9.17, 15) is 0 Å². The lowest BCUT2D eigenvalue weighted by Gasteiger charge is -2.33. The normalized spacial score (nSPS) is 17.0. The summed E-state index contributed by atoms with van der Waals surface area (Å²) in [5.74, 6) is 2.20. The van der Waals surface area contributed by atoms with E-state index in [-0.39, 0.29) is 0 Å². The lowest BCUT2D eigenvalue weighted by Crippen LogP contribution is -2.38. The molecule has 2 aliphatic rings. The fourth-order valence-corrected chi connectivity index (χ4v) is 4.26. The van der Waals surface area contributed by atoms with Gasteiger partial charge < -0.3 is 20.5 Å². The number of pyridine rings is 1. The van der Waals surface area contributed by atoms with Crippen LogP contribution in [0, 0.1) is 0 Å². The topological polar surface area (TPSA) is 72.6 Å². The third-order valence-electron chi connectivity index (χ3n) is 5.58. The zero-order valence-electron chi connectivity index (χ0n) is 16.0. The van der Waals surface area contributed by atoms with Crippen molar-refractivity contribution in [2.45, 2.75) is 25.4 Å². The summed E-state index contributed by atoms with van der Waals surface area (Å²) in [7, 11) is 0. The minimum absolute atomic E-state index is 0.315. The number of hydrogen-bond acceptors (Lipinski definition) is 6. The van der Waals surface area contributed by atoms with Crippen LogP contribution in [0.2, 0.25) is 5.02 Å². The molecule has 0 radical (unpaired) electrons.